The van der Waals surface area contributed by atoms with Crippen LogP contribution in [0.2, 0.25) is 0 Å². The zero-order chi connectivity index (χ0) is 9.84. The molecule has 0 bridgehead atoms. The lowest BCUT2D eigenvalue weighted by Gasteiger charge is -2.23. The van der Waals surface area contributed by atoms with Gasteiger partial charge in [-0.2, -0.15) is 0 Å². The summed E-state index contributed by atoms with van der Waals surface area (Å²) >= 11 is 0. The van der Waals surface area contributed by atoms with Gasteiger partial charge < -0.3 is 15.8 Å². The molecule has 0 radical (unpaired) electrons. The number of oxime groups is 1. The molecule has 76 valence electrons. The largest absolute Gasteiger partial charge is 0.409 e. The van der Waals surface area contributed by atoms with E-state index in [4.69, 9.17) is 10.9 Å². The van der Waals surface area contributed by atoms with E-state index >= 15 is 0 Å². The normalized spacial score (nSPS) is 20.7. The van der Waals surface area contributed by atoms with Crippen LogP contribution in [-0.2, 0) is 0 Å². The molecule has 0 aromatic heterocycles. The van der Waals surface area contributed by atoms with Crippen LogP contribution in [0.15, 0.2) is 5.16 Å². The van der Waals surface area contributed by atoms with E-state index in [2.05, 4.69) is 24.0 Å². The van der Waals surface area contributed by atoms with Crippen LogP contribution in [0.5, 0.6) is 0 Å². The highest BCUT2D eigenvalue weighted by Gasteiger charge is 2.24. The molecule has 1 saturated carbocycles. The molecule has 0 saturated heterocycles. The molecule has 0 aromatic carbocycles. The summed E-state index contributed by atoms with van der Waals surface area (Å²) < 4.78 is 0. The summed E-state index contributed by atoms with van der Waals surface area (Å²) in [4.78, 5) is 2.27. The summed E-state index contributed by atoms with van der Waals surface area (Å²) in [6.07, 6.45) is 3.36. The molecule has 0 amide bonds. The Bertz CT molecular complexity index is 189. The van der Waals surface area contributed by atoms with Crippen molar-refractivity contribution in [2.75, 3.05) is 13.6 Å². The minimum absolute atomic E-state index is 0.315. The molecule has 1 unspecified atom stereocenters. The predicted molar refractivity (Wildman–Crippen MR) is 52.8 cm³/mol. The minimum Gasteiger partial charge on any atom is -0.409 e. The maximum atomic E-state index is 8.40. The molecule has 13 heavy (non-hydrogen) atoms. The molecule has 1 atom stereocenters. The third-order valence-corrected chi connectivity index (χ3v) is 2.63. The molecule has 3 N–H and O–H groups in total. The van der Waals surface area contributed by atoms with Crippen molar-refractivity contribution >= 4 is 5.84 Å². The van der Waals surface area contributed by atoms with Crippen molar-refractivity contribution < 1.29 is 5.21 Å². The van der Waals surface area contributed by atoms with Crippen LogP contribution in [0.4, 0.5) is 0 Å². The van der Waals surface area contributed by atoms with Gasteiger partial charge in [-0.05, 0) is 32.7 Å². The van der Waals surface area contributed by atoms with Crippen molar-refractivity contribution in [2.24, 2.45) is 16.8 Å². The third kappa shape index (κ3) is 3.63. The van der Waals surface area contributed by atoms with Gasteiger partial charge in [-0.15, -0.1) is 0 Å². The minimum atomic E-state index is 0.315. The topological polar surface area (TPSA) is 61.9 Å². The highest BCUT2D eigenvalue weighted by atomic mass is 16.4. The molecule has 4 heteroatoms. The van der Waals surface area contributed by atoms with E-state index in [0.29, 0.717) is 18.3 Å². The Hall–Kier alpha value is -0.770. The van der Waals surface area contributed by atoms with Crippen LogP contribution in [0.1, 0.15) is 26.2 Å². The SMILES string of the molecule is CC(C/C(N)=N/O)N(C)CC1CC1. The molecule has 0 aliphatic heterocycles. The van der Waals surface area contributed by atoms with Crippen LogP contribution >= 0.6 is 0 Å². The maximum Gasteiger partial charge on any atom is 0.140 e. The Morgan fingerprint density at radius 1 is 1.69 bits per heavy atom. The summed E-state index contributed by atoms with van der Waals surface area (Å²) in [6.45, 7) is 3.24. The highest BCUT2D eigenvalue weighted by Crippen LogP contribution is 2.29. The Morgan fingerprint density at radius 2 is 2.31 bits per heavy atom. The third-order valence-electron chi connectivity index (χ3n) is 2.63. The lowest BCUT2D eigenvalue weighted by molar-refractivity contribution is 0.249. The number of rotatable bonds is 5. The van der Waals surface area contributed by atoms with E-state index in [-0.39, 0.29) is 0 Å². The zero-order valence-electron chi connectivity index (χ0n) is 8.40. The van der Waals surface area contributed by atoms with E-state index in [9.17, 15) is 0 Å². The lowest BCUT2D eigenvalue weighted by Crippen LogP contribution is -2.34. The second-order valence-electron chi connectivity index (χ2n) is 4.03. The highest BCUT2D eigenvalue weighted by molar-refractivity contribution is 5.80. The average molecular weight is 185 g/mol. The monoisotopic (exact) mass is 185 g/mol. The molecule has 1 aliphatic rings. The fraction of sp³-hybridized carbons (Fsp3) is 0.889. The molecule has 1 rings (SSSR count). The quantitative estimate of drug-likeness (QED) is 0.289. The van der Waals surface area contributed by atoms with Crippen molar-refractivity contribution in [3.05, 3.63) is 0 Å². The van der Waals surface area contributed by atoms with Gasteiger partial charge in [-0.25, -0.2) is 0 Å². The van der Waals surface area contributed by atoms with Crippen LogP contribution < -0.4 is 5.73 Å². The van der Waals surface area contributed by atoms with Gasteiger partial charge in [-0.1, -0.05) is 5.16 Å². The summed E-state index contributed by atoms with van der Waals surface area (Å²) in [5.74, 6) is 1.20. The molecule has 0 aromatic rings. The predicted octanol–water partition coefficient (Wildman–Crippen LogP) is 0.853. The summed E-state index contributed by atoms with van der Waals surface area (Å²) in [7, 11) is 2.09. The van der Waals surface area contributed by atoms with Crippen LogP contribution in [0, 0.1) is 5.92 Å². The lowest BCUT2D eigenvalue weighted by atomic mass is 10.2. The van der Waals surface area contributed by atoms with Crippen molar-refractivity contribution in [1.29, 1.82) is 0 Å². The fourth-order valence-electron chi connectivity index (χ4n) is 1.39. The van der Waals surface area contributed by atoms with Crippen LogP contribution in [0.3, 0.4) is 0 Å². The van der Waals surface area contributed by atoms with Gasteiger partial charge in [0.25, 0.3) is 0 Å². The molecule has 1 aliphatic carbocycles. The Balaban J connectivity index is 2.23. The van der Waals surface area contributed by atoms with Gasteiger partial charge in [-0.3, -0.25) is 0 Å². The Morgan fingerprint density at radius 3 is 2.77 bits per heavy atom. The van der Waals surface area contributed by atoms with Gasteiger partial charge in [0.05, 0.1) is 0 Å². The van der Waals surface area contributed by atoms with E-state index < -0.39 is 0 Å². The van der Waals surface area contributed by atoms with E-state index in [0.717, 1.165) is 12.5 Å². The Labute approximate surface area is 79.4 Å². The standard InChI is InChI=1S/C9H19N3O/c1-7(5-9(10)11-13)12(2)6-8-3-4-8/h7-8,13H,3-6H2,1-2H3,(H2,10,11). The first-order valence-corrected chi connectivity index (χ1v) is 4.80. The smallest absolute Gasteiger partial charge is 0.140 e. The number of nitrogens with zero attached hydrogens (tertiary/aromatic N) is 2. The van der Waals surface area contributed by atoms with Gasteiger partial charge in [0.2, 0.25) is 0 Å². The first-order chi connectivity index (χ1) is 6.13. The van der Waals surface area contributed by atoms with Gasteiger partial charge >= 0.3 is 0 Å². The van der Waals surface area contributed by atoms with E-state index in [1.807, 2.05) is 0 Å². The number of hydrogen-bond acceptors (Lipinski definition) is 3. The number of amidine groups is 1. The molecule has 4 nitrogen and oxygen atoms in total. The summed E-state index contributed by atoms with van der Waals surface area (Å²) in [6, 6.07) is 0.358. The fourth-order valence-corrected chi connectivity index (χ4v) is 1.39. The van der Waals surface area contributed by atoms with Crippen molar-refractivity contribution in [1.82, 2.24) is 4.90 Å². The molecular weight excluding hydrogens is 166 g/mol. The summed E-state index contributed by atoms with van der Waals surface area (Å²) in [5, 5.41) is 11.4. The summed E-state index contributed by atoms with van der Waals surface area (Å²) in [5.41, 5.74) is 5.43. The first kappa shape index (κ1) is 10.3. The maximum absolute atomic E-state index is 8.40. The number of hydrogen-bond donors (Lipinski definition) is 2. The van der Waals surface area contributed by atoms with E-state index in [1.165, 1.54) is 12.8 Å². The first-order valence-electron chi connectivity index (χ1n) is 4.80. The van der Waals surface area contributed by atoms with E-state index in [1.54, 1.807) is 0 Å². The zero-order valence-corrected chi connectivity index (χ0v) is 8.40. The van der Waals surface area contributed by atoms with Gasteiger partial charge in [0.15, 0.2) is 0 Å². The molecule has 1 fully saturated rings. The number of nitrogens with two attached hydrogens (primary N) is 1. The van der Waals surface area contributed by atoms with Gasteiger partial charge in [0, 0.05) is 19.0 Å². The van der Waals surface area contributed by atoms with Crippen molar-refractivity contribution in [3.63, 3.8) is 0 Å². The van der Waals surface area contributed by atoms with Crippen LogP contribution in [-0.4, -0.2) is 35.6 Å². The average Bonchev–Trinajstić information content (AvgIpc) is 2.87. The second kappa shape index (κ2) is 4.46. The molecule has 0 heterocycles. The molecular formula is C9H19N3O. The van der Waals surface area contributed by atoms with Gasteiger partial charge in [0.1, 0.15) is 5.84 Å². The van der Waals surface area contributed by atoms with Crippen molar-refractivity contribution in [2.45, 2.75) is 32.2 Å². The Kier molecular flexibility index (Phi) is 3.54. The second-order valence-corrected chi connectivity index (χ2v) is 4.03. The molecule has 0 spiro atoms. The van der Waals surface area contributed by atoms with Crippen LogP contribution in [0.25, 0.3) is 0 Å². The van der Waals surface area contributed by atoms with Crippen molar-refractivity contribution in [3.8, 4) is 0 Å².